The number of thiazole rings is 1. The molecule has 6 heteroatoms. The highest BCUT2D eigenvalue weighted by atomic mass is 32.1. The van der Waals surface area contributed by atoms with E-state index in [0.717, 1.165) is 44.2 Å². The van der Waals surface area contributed by atoms with Crippen LogP contribution in [0.1, 0.15) is 29.0 Å². The molecule has 2 heterocycles. The van der Waals surface area contributed by atoms with E-state index in [1.807, 2.05) is 0 Å². The number of carbonyl (C=O) groups is 1. The predicted molar refractivity (Wildman–Crippen MR) is 107 cm³/mol. The van der Waals surface area contributed by atoms with Crippen LogP contribution in [-0.4, -0.2) is 48.5 Å². The van der Waals surface area contributed by atoms with Gasteiger partial charge in [-0.3, -0.25) is 9.69 Å². The number of rotatable bonds is 4. The molecule has 138 valence electrons. The molecule has 0 saturated carbocycles. The highest BCUT2D eigenvalue weighted by Gasteiger charge is 2.21. The SMILES string of the molecule is Cc1ccc(N2CCN(CC(=O)Nc3nc4c(s3)CCCC4)CC2)cc1. The molecule has 1 fully saturated rings. The van der Waals surface area contributed by atoms with Crippen LogP contribution < -0.4 is 10.2 Å². The number of nitrogens with zero attached hydrogens (tertiary/aromatic N) is 3. The highest BCUT2D eigenvalue weighted by molar-refractivity contribution is 7.15. The molecule has 1 amide bonds. The fraction of sp³-hybridized carbons (Fsp3) is 0.500. The minimum absolute atomic E-state index is 0.0554. The average Bonchev–Trinajstić information content (AvgIpc) is 3.05. The Labute approximate surface area is 159 Å². The van der Waals surface area contributed by atoms with Crippen molar-refractivity contribution >= 4 is 28.1 Å². The van der Waals surface area contributed by atoms with Gasteiger partial charge in [-0.2, -0.15) is 0 Å². The molecule has 1 aliphatic carbocycles. The van der Waals surface area contributed by atoms with Crippen molar-refractivity contribution in [3.05, 3.63) is 40.4 Å². The molecule has 26 heavy (non-hydrogen) atoms. The fourth-order valence-corrected chi connectivity index (χ4v) is 4.75. The van der Waals surface area contributed by atoms with Gasteiger partial charge in [0.05, 0.1) is 12.2 Å². The summed E-state index contributed by atoms with van der Waals surface area (Å²) in [7, 11) is 0. The number of aromatic nitrogens is 1. The number of amides is 1. The standard InChI is InChI=1S/C20H26N4OS/c1-15-6-8-16(9-7-15)24-12-10-23(11-13-24)14-19(25)22-20-21-17-4-2-3-5-18(17)26-20/h6-9H,2-5,10-14H2,1H3,(H,21,22,25). The molecular formula is C20H26N4OS. The molecule has 2 aliphatic rings. The van der Waals surface area contributed by atoms with E-state index >= 15 is 0 Å². The lowest BCUT2D eigenvalue weighted by Gasteiger charge is -2.35. The van der Waals surface area contributed by atoms with Gasteiger partial charge >= 0.3 is 0 Å². The summed E-state index contributed by atoms with van der Waals surface area (Å²) in [5, 5.41) is 3.79. The zero-order valence-corrected chi connectivity index (χ0v) is 16.1. The molecule has 1 saturated heterocycles. The van der Waals surface area contributed by atoms with Crippen molar-refractivity contribution in [2.75, 3.05) is 42.9 Å². The first kappa shape index (κ1) is 17.5. The zero-order chi connectivity index (χ0) is 17.9. The Hall–Kier alpha value is -1.92. The van der Waals surface area contributed by atoms with Crippen LogP contribution in [0.4, 0.5) is 10.8 Å². The second kappa shape index (κ2) is 7.76. The van der Waals surface area contributed by atoms with Crippen LogP contribution in [0.2, 0.25) is 0 Å². The topological polar surface area (TPSA) is 48.5 Å². The summed E-state index contributed by atoms with van der Waals surface area (Å²) in [6.45, 7) is 6.31. The molecular weight excluding hydrogens is 344 g/mol. The summed E-state index contributed by atoms with van der Waals surface area (Å²) >= 11 is 1.65. The Kier molecular flexibility index (Phi) is 5.22. The molecule has 0 spiro atoms. The van der Waals surface area contributed by atoms with Crippen molar-refractivity contribution in [1.29, 1.82) is 0 Å². The first-order chi connectivity index (χ1) is 12.7. The fourth-order valence-electron chi connectivity index (χ4n) is 3.69. The average molecular weight is 371 g/mol. The van der Waals surface area contributed by atoms with Gasteiger partial charge in [0.1, 0.15) is 0 Å². The molecule has 1 aromatic heterocycles. The van der Waals surface area contributed by atoms with Crippen LogP contribution in [-0.2, 0) is 17.6 Å². The van der Waals surface area contributed by atoms with E-state index in [9.17, 15) is 4.79 Å². The number of aryl methyl sites for hydroxylation is 3. The van der Waals surface area contributed by atoms with Gasteiger partial charge < -0.3 is 10.2 Å². The lowest BCUT2D eigenvalue weighted by Crippen LogP contribution is -2.48. The monoisotopic (exact) mass is 370 g/mol. The summed E-state index contributed by atoms with van der Waals surface area (Å²) in [5.41, 5.74) is 3.75. The number of hydrogen-bond acceptors (Lipinski definition) is 5. The molecule has 0 radical (unpaired) electrons. The number of fused-ring (bicyclic) bond motifs is 1. The van der Waals surface area contributed by atoms with Crippen molar-refractivity contribution in [3.63, 3.8) is 0 Å². The van der Waals surface area contributed by atoms with Gasteiger partial charge in [-0.05, 0) is 44.7 Å². The lowest BCUT2D eigenvalue weighted by molar-refractivity contribution is -0.117. The normalized spacial score (nSPS) is 17.8. The van der Waals surface area contributed by atoms with Crippen molar-refractivity contribution in [2.24, 2.45) is 0 Å². The lowest BCUT2D eigenvalue weighted by atomic mass is 10.0. The number of anilines is 2. The minimum Gasteiger partial charge on any atom is -0.369 e. The van der Waals surface area contributed by atoms with Crippen molar-refractivity contribution in [2.45, 2.75) is 32.6 Å². The van der Waals surface area contributed by atoms with Gasteiger partial charge in [0.25, 0.3) is 0 Å². The maximum Gasteiger partial charge on any atom is 0.240 e. The molecule has 0 bridgehead atoms. The quantitative estimate of drug-likeness (QED) is 0.898. The second-order valence-electron chi connectivity index (χ2n) is 7.24. The Balaban J connectivity index is 1.26. The molecule has 1 N–H and O–H groups in total. The Bertz CT molecular complexity index is 739. The van der Waals surface area contributed by atoms with Crippen LogP contribution >= 0.6 is 11.3 Å². The summed E-state index contributed by atoms with van der Waals surface area (Å²) in [6.07, 6.45) is 4.63. The third kappa shape index (κ3) is 4.07. The molecule has 0 unspecified atom stereocenters. The molecule has 1 aromatic carbocycles. The van der Waals surface area contributed by atoms with Crippen molar-refractivity contribution in [1.82, 2.24) is 9.88 Å². The molecule has 0 atom stereocenters. The van der Waals surface area contributed by atoms with E-state index in [1.165, 1.54) is 34.7 Å². The number of piperazine rings is 1. The summed E-state index contributed by atoms with van der Waals surface area (Å²) in [6, 6.07) is 8.68. The van der Waals surface area contributed by atoms with E-state index in [1.54, 1.807) is 11.3 Å². The van der Waals surface area contributed by atoms with Crippen molar-refractivity contribution < 1.29 is 4.79 Å². The van der Waals surface area contributed by atoms with Gasteiger partial charge in [-0.1, -0.05) is 17.7 Å². The summed E-state index contributed by atoms with van der Waals surface area (Å²) < 4.78 is 0. The first-order valence-corrected chi connectivity index (χ1v) is 10.3. The highest BCUT2D eigenvalue weighted by Crippen LogP contribution is 2.29. The first-order valence-electron chi connectivity index (χ1n) is 9.50. The third-order valence-corrected chi connectivity index (χ3v) is 6.30. The van der Waals surface area contributed by atoms with Crippen LogP contribution in [0.25, 0.3) is 0 Å². The largest absolute Gasteiger partial charge is 0.369 e. The summed E-state index contributed by atoms with van der Waals surface area (Å²) in [5.74, 6) is 0.0554. The smallest absolute Gasteiger partial charge is 0.240 e. The third-order valence-electron chi connectivity index (χ3n) is 5.23. The molecule has 2 aromatic rings. The zero-order valence-electron chi connectivity index (χ0n) is 15.3. The Morgan fingerprint density at radius 2 is 1.85 bits per heavy atom. The maximum absolute atomic E-state index is 12.4. The maximum atomic E-state index is 12.4. The number of hydrogen-bond donors (Lipinski definition) is 1. The molecule has 4 rings (SSSR count). The van der Waals surface area contributed by atoms with Crippen molar-refractivity contribution in [3.8, 4) is 0 Å². The van der Waals surface area contributed by atoms with Gasteiger partial charge in [0.15, 0.2) is 5.13 Å². The van der Waals surface area contributed by atoms with Crippen LogP contribution in [0.15, 0.2) is 24.3 Å². The van der Waals surface area contributed by atoms with E-state index in [2.05, 4.69) is 51.3 Å². The summed E-state index contributed by atoms with van der Waals surface area (Å²) in [4.78, 5) is 23.0. The number of carbonyl (C=O) groups excluding carboxylic acids is 1. The van der Waals surface area contributed by atoms with Crippen LogP contribution in [0.3, 0.4) is 0 Å². The van der Waals surface area contributed by atoms with Crippen LogP contribution in [0.5, 0.6) is 0 Å². The van der Waals surface area contributed by atoms with Gasteiger partial charge in [0, 0.05) is 36.7 Å². The number of nitrogens with one attached hydrogen (secondary N) is 1. The van der Waals surface area contributed by atoms with E-state index in [-0.39, 0.29) is 5.91 Å². The minimum atomic E-state index is 0.0554. The molecule has 5 nitrogen and oxygen atoms in total. The van der Waals surface area contributed by atoms with E-state index in [0.29, 0.717) is 6.54 Å². The van der Waals surface area contributed by atoms with E-state index in [4.69, 9.17) is 0 Å². The Morgan fingerprint density at radius 3 is 2.58 bits per heavy atom. The number of benzene rings is 1. The van der Waals surface area contributed by atoms with E-state index < -0.39 is 0 Å². The van der Waals surface area contributed by atoms with Gasteiger partial charge in [-0.15, -0.1) is 11.3 Å². The predicted octanol–water partition coefficient (Wildman–Crippen LogP) is 3.09. The molecule has 1 aliphatic heterocycles. The Morgan fingerprint density at radius 1 is 1.12 bits per heavy atom. The van der Waals surface area contributed by atoms with Crippen LogP contribution in [0, 0.1) is 6.92 Å². The van der Waals surface area contributed by atoms with Gasteiger partial charge in [0.2, 0.25) is 5.91 Å². The second-order valence-corrected chi connectivity index (χ2v) is 8.33. The van der Waals surface area contributed by atoms with Gasteiger partial charge in [-0.25, -0.2) is 4.98 Å².